The van der Waals surface area contributed by atoms with Gasteiger partial charge >= 0.3 is 0 Å². The van der Waals surface area contributed by atoms with Crippen LogP contribution in [0.25, 0.3) is 0 Å². The summed E-state index contributed by atoms with van der Waals surface area (Å²) in [7, 11) is 2.06. The van der Waals surface area contributed by atoms with Gasteiger partial charge in [0.1, 0.15) is 5.82 Å². The van der Waals surface area contributed by atoms with Crippen molar-refractivity contribution in [2.45, 2.75) is 12.5 Å². The number of likely N-dealkylation sites (N-methyl/N-ethyl adjacent to an activating group) is 1. The average Bonchev–Trinajstić information content (AvgIpc) is 2.23. The molecule has 3 heteroatoms. The third-order valence-electron chi connectivity index (χ3n) is 2.78. The highest BCUT2D eigenvalue weighted by Crippen LogP contribution is 2.28. The van der Waals surface area contributed by atoms with Gasteiger partial charge in [-0.15, -0.1) is 0 Å². The van der Waals surface area contributed by atoms with Gasteiger partial charge in [-0.05, 0) is 47.1 Å². The first-order chi connectivity index (χ1) is 7.18. The second kappa shape index (κ2) is 4.45. The van der Waals surface area contributed by atoms with Crippen molar-refractivity contribution in [3.05, 3.63) is 46.2 Å². The molecule has 0 amide bonds. The molecule has 2 rings (SSSR count). The minimum atomic E-state index is -0.185. The first-order valence-corrected chi connectivity index (χ1v) is 5.78. The zero-order valence-electron chi connectivity index (χ0n) is 8.58. The van der Waals surface area contributed by atoms with Crippen LogP contribution in [-0.4, -0.2) is 18.5 Å². The molecule has 15 heavy (non-hydrogen) atoms. The highest BCUT2D eigenvalue weighted by Gasteiger charge is 2.18. The zero-order valence-corrected chi connectivity index (χ0v) is 10.2. The Bertz CT molecular complexity index is 389. The molecule has 0 spiro atoms. The topological polar surface area (TPSA) is 3.24 Å². The van der Waals surface area contributed by atoms with Gasteiger partial charge in [-0.1, -0.05) is 18.2 Å². The number of hydrogen-bond donors (Lipinski definition) is 0. The van der Waals surface area contributed by atoms with Crippen LogP contribution in [0.4, 0.5) is 4.39 Å². The second-order valence-electron chi connectivity index (χ2n) is 3.84. The van der Waals surface area contributed by atoms with Gasteiger partial charge in [0.25, 0.3) is 0 Å². The fourth-order valence-electron chi connectivity index (χ4n) is 1.88. The van der Waals surface area contributed by atoms with E-state index in [9.17, 15) is 4.39 Å². The van der Waals surface area contributed by atoms with Crippen LogP contribution in [0.2, 0.25) is 0 Å². The third-order valence-corrected chi connectivity index (χ3v) is 3.42. The Labute approximate surface area is 97.7 Å². The number of rotatable bonds is 1. The van der Waals surface area contributed by atoms with Crippen LogP contribution in [0.5, 0.6) is 0 Å². The van der Waals surface area contributed by atoms with Crippen molar-refractivity contribution in [2.75, 3.05) is 13.6 Å². The Kier molecular flexibility index (Phi) is 3.22. The summed E-state index contributed by atoms with van der Waals surface area (Å²) in [6, 6.07) is 5.67. The van der Waals surface area contributed by atoms with Crippen molar-refractivity contribution in [1.29, 1.82) is 0 Å². The van der Waals surface area contributed by atoms with Gasteiger partial charge in [0, 0.05) is 12.6 Å². The molecule has 0 saturated carbocycles. The summed E-state index contributed by atoms with van der Waals surface area (Å²) in [5.74, 6) is -0.185. The van der Waals surface area contributed by atoms with Gasteiger partial charge in [0.15, 0.2) is 0 Å². The number of hydrogen-bond acceptors (Lipinski definition) is 1. The molecule has 1 aromatic carbocycles. The summed E-state index contributed by atoms with van der Waals surface area (Å²) in [5, 5.41) is 0. The lowest BCUT2D eigenvalue weighted by atomic mass is 10.00. The van der Waals surface area contributed by atoms with Gasteiger partial charge in [-0.2, -0.15) is 0 Å². The molecule has 1 aliphatic heterocycles. The molecule has 0 aromatic heterocycles. The van der Waals surface area contributed by atoms with E-state index < -0.39 is 0 Å². The fraction of sp³-hybridized carbons (Fsp3) is 0.333. The standard InChI is InChI=1S/C12H13BrFN/c1-15-7-3-2-4-12(15)9-5-6-10(13)11(14)8-9/h2-3,5-6,8,12H,4,7H2,1H3. The smallest absolute Gasteiger partial charge is 0.137 e. The first kappa shape index (κ1) is 10.8. The summed E-state index contributed by atoms with van der Waals surface area (Å²) < 4.78 is 13.9. The minimum absolute atomic E-state index is 0.185. The average molecular weight is 270 g/mol. The van der Waals surface area contributed by atoms with Crippen LogP contribution >= 0.6 is 15.9 Å². The molecule has 0 saturated heterocycles. The second-order valence-corrected chi connectivity index (χ2v) is 4.69. The lowest BCUT2D eigenvalue weighted by Crippen LogP contribution is -2.27. The normalized spacial score (nSPS) is 21.9. The summed E-state index contributed by atoms with van der Waals surface area (Å²) in [5.41, 5.74) is 1.04. The molecule has 1 atom stereocenters. The number of nitrogens with zero attached hydrogens (tertiary/aromatic N) is 1. The van der Waals surface area contributed by atoms with Crippen LogP contribution in [0.1, 0.15) is 18.0 Å². The van der Waals surface area contributed by atoms with Gasteiger partial charge in [0.05, 0.1) is 4.47 Å². The fourth-order valence-corrected chi connectivity index (χ4v) is 2.13. The van der Waals surface area contributed by atoms with Crippen molar-refractivity contribution in [3.8, 4) is 0 Å². The van der Waals surface area contributed by atoms with Crippen molar-refractivity contribution >= 4 is 15.9 Å². The number of halogens is 2. The molecular formula is C12H13BrFN. The van der Waals surface area contributed by atoms with E-state index in [-0.39, 0.29) is 5.82 Å². The summed E-state index contributed by atoms with van der Waals surface area (Å²) in [6.07, 6.45) is 5.26. The number of benzene rings is 1. The van der Waals surface area contributed by atoms with E-state index in [1.54, 1.807) is 12.1 Å². The molecule has 0 radical (unpaired) electrons. The van der Waals surface area contributed by atoms with Crippen molar-refractivity contribution < 1.29 is 4.39 Å². The van der Waals surface area contributed by atoms with Crippen molar-refractivity contribution in [1.82, 2.24) is 4.90 Å². The van der Waals surface area contributed by atoms with Crippen LogP contribution in [0, 0.1) is 5.82 Å². The van der Waals surface area contributed by atoms with E-state index in [0.29, 0.717) is 10.5 Å². The Balaban J connectivity index is 2.29. The molecule has 0 fully saturated rings. The van der Waals surface area contributed by atoms with E-state index in [1.807, 2.05) is 6.07 Å². The molecule has 0 N–H and O–H groups in total. The highest BCUT2D eigenvalue weighted by molar-refractivity contribution is 9.10. The van der Waals surface area contributed by atoms with Gasteiger partial charge in [-0.3, -0.25) is 4.90 Å². The summed E-state index contributed by atoms with van der Waals surface area (Å²) in [6.45, 7) is 0.933. The molecular weight excluding hydrogens is 257 g/mol. The lowest BCUT2D eigenvalue weighted by molar-refractivity contribution is 0.260. The van der Waals surface area contributed by atoms with Gasteiger partial charge in [-0.25, -0.2) is 4.39 Å². The van der Waals surface area contributed by atoms with Crippen LogP contribution in [0.15, 0.2) is 34.8 Å². The first-order valence-electron chi connectivity index (χ1n) is 4.98. The molecule has 1 heterocycles. The quantitative estimate of drug-likeness (QED) is 0.706. The van der Waals surface area contributed by atoms with Crippen molar-refractivity contribution in [2.24, 2.45) is 0 Å². The monoisotopic (exact) mass is 269 g/mol. The third kappa shape index (κ3) is 2.29. The van der Waals surface area contributed by atoms with E-state index in [4.69, 9.17) is 0 Å². The maximum Gasteiger partial charge on any atom is 0.137 e. The summed E-state index contributed by atoms with van der Waals surface area (Å²) >= 11 is 3.17. The van der Waals surface area contributed by atoms with Crippen molar-refractivity contribution in [3.63, 3.8) is 0 Å². The van der Waals surface area contributed by atoms with Crippen LogP contribution in [-0.2, 0) is 0 Å². The summed E-state index contributed by atoms with van der Waals surface area (Å²) in [4.78, 5) is 2.22. The SMILES string of the molecule is CN1CC=CCC1c1ccc(Br)c(F)c1. The Morgan fingerprint density at radius 3 is 2.87 bits per heavy atom. The van der Waals surface area contributed by atoms with E-state index in [2.05, 4.69) is 40.0 Å². The molecule has 1 aromatic rings. The van der Waals surface area contributed by atoms with E-state index in [0.717, 1.165) is 18.5 Å². The van der Waals surface area contributed by atoms with Gasteiger partial charge < -0.3 is 0 Å². The van der Waals surface area contributed by atoms with Crippen LogP contribution in [0.3, 0.4) is 0 Å². The minimum Gasteiger partial charge on any atom is -0.295 e. The molecule has 0 bridgehead atoms. The predicted octanol–water partition coefficient (Wildman–Crippen LogP) is 3.52. The Morgan fingerprint density at radius 2 is 2.20 bits per heavy atom. The van der Waals surface area contributed by atoms with E-state index >= 15 is 0 Å². The van der Waals surface area contributed by atoms with E-state index in [1.165, 1.54) is 0 Å². The van der Waals surface area contributed by atoms with Gasteiger partial charge in [0.2, 0.25) is 0 Å². The maximum atomic E-state index is 13.4. The molecule has 0 aliphatic carbocycles. The molecule has 1 nitrogen and oxygen atoms in total. The van der Waals surface area contributed by atoms with Crippen LogP contribution < -0.4 is 0 Å². The lowest BCUT2D eigenvalue weighted by Gasteiger charge is -2.29. The maximum absolute atomic E-state index is 13.4. The Hall–Kier alpha value is -0.670. The highest BCUT2D eigenvalue weighted by atomic mass is 79.9. The molecule has 80 valence electrons. The zero-order chi connectivity index (χ0) is 10.8. The molecule has 1 unspecified atom stereocenters. The largest absolute Gasteiger partial charge is 0.295 e. The predicted molar refractivity (Wildman–Crippen MR) is 63.2 cm³/mol. The molecule has 1 aliphatic rings. The Morgan fingerprint density at radius 1 is 1.40 bits per heavy atom.